The van der Waals surface area contributed by atoms with Gasteiger partial charge in [0.2, 0.25) is 0 Å². The van der Waals surface area contributed by atoms with Gasteiger partial charge in [0.05, 0.1) is 24.4 Å². The Labute approximate surface area is 230 Å². The van der Waals surface area contributed by atoms with Gasteiger partial charge in [0.1, 0.15) is 22.8 Å². The number of ether oxygens (including phenoxy) is 2. The van der Waals surface area contributed by atoms with Crippen molar-refractivity contribution in [2.45, 2.75) is 33.2 Å². The van der Waals surface area contributed by atoms with Gasteiger partial charge < -0.3 is 14.0 Å². The molecule has 5 aromatic rings. The van der Waals surface area contributed by atoms with E-state index in [0.717, 1.165) is 11.3 Å². The minimum atomic E-state index is -0.390. The molecule has 0 bridgehead atoms. The largest absolute Gasteiger partial charge is 0.495 e. The SMILES string of the molecule is COc1cnc2c(Oc3ccc(CC(=O)c4cn(C(C)C)c(C)c(-c5ccc(F)cc5)c4=O)cc3)ccnc2c1. The number of methoxy groups -OCH3 is 1. The summed E-state index contributed by atoms with van der Waals surface area (Å²) in [6.07, 6.45) is 4.91. The predicted octanol–water partition coefficient (Wildman–Crippen LogP) is 6.71. The molecule has 0 fully saturated rings. The lowest BCUT2D eigenvalue weighted by Crippen LogP contribution is -2.24. The van der Waals surface area contributed by atoms with E-state index in [0.29, 0.717) is 39.4 Å². The third kappa shape index (κ3) is 5.33. The Bertz CT molecular complexity index is 1760. The highest BCUT2D eigenvalue weighted by Crippen LogP contribution is 2.29. The molecule has 0 radical (unpaired) electrons. The highest BCUT2D eigenvalue weighted by atomic mass is 19.1. The van der Waals surface area contributed by atoms with Gasteiger partial charge in [0.25, 0.3) is 0 Å². The zero-order valence-corrected chi connectivity index (χ0v) is 22.6. The molecule has 0 saturated heterocycles. The van der Waals surface area contributed by atoms with Crippen LogP contribution in [-0.2, 0) is 6.42 Å². The summed E-state index contributed by atoms with van der Waals surface area (Å²) < 4.78 is 26.7. The maximum absolute atomic E-state index is 13.6. The third-order valence-corrected chi connectivity index (χ3v) is 6.75. The van der Waals surface area contributed by atoms with Crippen molar-refractivity contribution < 1.29 is 18.7 Å². The fourth-order valence-electron chi connectivity index (χ4n) is 4.68. The van der Waals surface area contributed by atoms with Gasteiger partial charge in [-0.1, -0.05) is 24.3 Å². The predicted molar refractivity (Wildman–Crippen MR) is 152 cm³/mol. The fraction of sp³-hybridized carbons (Fsp3) is 0.188. The van der Waals surface area contributed by atoms with E-state index < -0.39 is 0 Å². The lowest BCUT2D eigenvalue weighted by molar-refractivity contribution is 0.0991. The maximum Gasteiger partial charge on any atom is 0.200 e. The van der Waals surface area contributed by atoms with E-state index in [1.807, 2.05) is 25.3 Å². The average molecular weight is 538 g/mol. The van der Waals surface area contributed by atoms with Crippen molar-refractivity contribution in [2.75, 3.05) is 7.11 Å². The summed E-state index contributed by atoms with van der Waals surface area (Å²) in [6.45, 7) is 5.80. The number of ketones is 1. The molecule has 8 heteroatoms. The molecule has 5 rings (SSSR count). The van der Waals surface area contributed by atoms with Crippen LogP contribution in [-0.4, -0.2) is 27.4 Å². The molecule has 0 aliphatic heterocycles. The second kappa shape index (κ2) is 11.1. The monoisotopic (exact) mass is 537 g/mol. The number of hydrogen-bond donors (Lipinski definition) is 0. The van der Waals surface area contributed by atoms with Crippen LogP contribution in [0.5, 0.6) is 17.2 Å². The molecule has 0 atom stereocenters. The Hall–Kier alpha value is -4.85. The number of nitrogens with zero attached hydrogens (tertiary/aromatic N) is 3. The van der Waals surface area contributed by atoms with Gasteiger partial charge in [0, 0.05) is 48.2 Å². The lowest BCUT2D eigenvalue weighted by Gasteiger charge is -2.20. The van der Waals surface area contributed by atoms with Crippen LogP contribution in [0, 0.1) is 12.7 Å². The molecular weight excluding hydrogens is 509 g/mol. The van der Waals surface area contributed by atoms with Crippen LogP contribution in [0.15, 0.2) is 84.0 Å². The van der Waals surface area contributed by atoms with Gasteiger partial charge >= 0.3 is 0 Å². The van der Waals surface area contributed by atoms with E-state index >= 15 is 0 Å². The topological polar surface area (TPSA) is 83.3 Å². The molecule has 0 saturated carbocycles. The number of fused-ring (bicyclic) bond motifs is 1. The first-order valence-corrected chi connectivity index (χ1v) is 12.9. The van der Waals surface area contributed by atoms with Crippen LogP contribution in [0.1, 0.15) is 41.5 Å². The van der Waals surface area contributed by atoms with Gasteiger partial charge in [0.15, 0.2) is 17.0 Å². The first-order chi connectivity index (χ1) is 19.2. The van der Waals surface area contributed by atoms with Crippen LogP contribution < -0.4 is 14.9 Å². The minimum Gasteiger partial charge on any atom is -0.495 e. The van der Waals surface area contributed by atoms with Crippen molar-refractivity contribution in [1.82, 2.24) is 14.5 Å². The fourth-order valence-corrected chi connectivity index (χ4v) is 4.68. The Kier molecular flexibility index (Phi) is 7.42. The molecule has 202 valence electrons. The summed E-state index contributed by atoms with van der Waals surface area (Å²) in [5.74, 6) is 1.02. The van der Waals surface area contributed by atoms with Crippen molar-refractivity contribution in [3.63, 3.8) is 0 Å². The van der Waals surface area contributed by atoms with Crippen molar-refractivity contribution in [2.24, 2.45) is 0 Å². The summed E-state index contributed by atoms with van der Waals surface area (Å²) in [5.41, 5.74) is 3.42. The standard InChI is InChI=1S/C32H28FN3O4/c1-19(2)36-18-26(32(38)30(20(36)3)22-7-9-23(33)10-8-22)28(37)15-21-5-11-24(12-6-21)40-29-13-14-34-27-16-25(39-4)17-35-31(27)29/h5-14,16-19H,15H2,1-4H3. The van der Waals surface area contributed by atoms with Crippen LogP contribution >= 0.6 is 0 Å². The number of rotatable bonds is 8. The number of hydrogen-bond acceptors (Lipinski definition) is 6. The Morgan fingerprint density at radius 1 is 1.00 bits per heavy atom. The van der Waals surface area contributed by atoms with Crippen LogP contribution in [0.3, 0.4) is 0 Å². The van der Waals surface area contributed by atoms with Gasteiger partial charge in [-0.3, -0.25) is 14.6 Å². The van der Waals surface area contributed by atoms with Gasteiger partial charge in [-0.05, 0) is 56.2 Å². The molecule has 0 spiro atoms. The summed E-state index contributed by atoms with van der Waals surface area (Å²) in [6, 6.07) is 16.4. The first-order valence-electron chi connectivity index (χ1n) is 12.9. The van der Waals surface area contributed by atoms with E-state index in [4.69, 9.17) is 9.47 Å². The smallest absolute Gasteiger partial charge is 0.200 e. The molecule has 7 nitrogen and oxygen atoms in total. The van der Waals surface area contributed by atoms with E-state index in [1.165, 1.54) is 12.1 Å². The van der Waals surface area contributed by atoms with E-state index in [9.17, 15) is 14.0 Å². The lowest BCUT2D eigenvalue weighted by atomic mass is 9.97. The molecule has 0 N–H and O–H groups in total. The van der Waals surface area contributed by atoms with Crippen molar-refractivity contribution in [1.29, 1.82) is 0 Å². The van der Waals surface area contributed by atoms with Crippen LogP contribution in [0.4, 0.5) is 4.39 Å². The Balaban J connectivity index is 1.40. The maximum atomic E-state index is 13.6. The molecule has 0 amide bonds. The second-order valence-electron chi connectivity index (χ2n) is 9.74. The second-order valence-corrected chi connectivity index (χ2v) is 9.74. The van der Waals surface area contributed by atoms with Crippen molar-refractivity contribution in [3.8, 4) is 28.4 Å². The zero-order chi connectivity index (χ0) is 28.4. The summed E-state index contributed by atoms with van der Waals surface area (Å²) in [4.78, 5) is 35.6. The number of Topliss-reactive ketones (excluding diaryl/α,β-unsaturated/α-hetero) is 1. The summed E-state index contributed by atoms with van der Waals surface area (Å²) >= 11 is 0. The Morgan fingerprint density at radius 2 is 1.73 bits per heavy atom. The van der Waals surface area contributed by atoms with Crippen molar-refractivity contribution in [3.05, 3.63) is 112 Å². The molecule has 3 heterocycles. The summed E-state index contributed by atoms with van der Waals surface area (Å²) in [5, 5.41) is 0. The van der Waals surface area contributed by atoms with E-state index in [1.54, 1.807) is 74.2 Å². The molecule has 0 aliphatic carbocycles. The van der Waals surface area contributed by atoms with Gasteiger partial charge in [-0.2, -0.15) is 0 Å². The van der Waals surface area contributed by atoms with Gasteiger partial charge in [-0.25, -0.2) is 9.37 Å². The molecule has 3 aromatic heterocycles. The minimum absolute atomic E-state index is 0.0163. The first kappa shape index (κ1) is 26.7. The van der Waals surface area contributed by atoms with Crippen LogP contribution in [0.2, 0.25) is 0 Å². The third-order valence-electron chi connectivity index (χ3n) is 6.75. The molecule has 0 unspecified atom stereocenters. The highest BCUT2D eigenvalue weighted by Gasteiger charge is 2.20. The number of pyridine rings is 3. The summed E-state index contributed by atoms with van der Waals surface area (Å²) in [7, 11) is 1.57. The highest BCUT2D eigenvalue weighted by molar-refractivity contribution is 5.98. The Morgan fingerprint density at radius 3 is 2.40 bits per heavy atom. The quantitative estimate of drug-likeness (QED) is 0.205. The average Bonchev–Trinajstić information content (AvgIpc) is 2.94. The zero-order valence-electron chi connectivity index (χ0n) is 22.6. The number of benzene rings is 2. The molecule has 2 aromatic carbocycles. The van der Waals surface area contributed by atoms with Crippen LogP contribution in [0.25, 0.3) is 22.2 Å². The van der Waals surface area contributed by atoms with E-state index in [2.05, 4.69) is 9.97 Å². The molecule has 40 heavy (non-hydrogen) atoms. The van der Waals surface area contributed by atoms with E-state index in [-0.39, 0.29) is 35.1 Å². The number of carbonyl (C=O) groups excluding carboxylic acids is 1. The normalized spacial score (nSPS) is 11.2. The molecular formula is C32H28FN3O4. The number of carbonyl (C=O) groups is 1. The number of halogens is 1. The molecule has 0 aliphatic rings. The van der Waals surface area contributed by atoms with Crippen molar-refractivity contribution >= 4 is 16.8 Å². The number of aromatic nitrogens is 3. The van der Waals surface area contributed by atoms with Gasteiger partial charge in [-0.15, -0.1) is 0 Å².